The van der Waals surface area contributed by atoms with Gasteiger partial charge < -0.3 is 15.4 Å². The summed E-state index contributed by atoms with van der Waals surface area (Å²) in [5.74, 6) is 0.691. The summed E-state index contributed by atoms with van der Waals surface area (Å²) in [7, 11) is 0. The van der Waals surface area contributed by atoms with E-state index in [1.807, 2.05) is 25.7 Å². The number of amides is 1. The number of carbonyl (C=O) groups is 1. The Labute approximate surface area is 140 Å². The molecule has 1 aliphatic heterocycles. The van der Waals surface area contributed by atoms with Gasteiger partial charge in [-0.15, -0.1) is 0 Å². The number of likely N-dealkylation sites (tertiary alicyclic amines) is 1. The lowest BCUT2D eigenvalue weighted by atomic mass is 9.84. The van der Waals surface area contributed by atoms with Crippen LogP contribution in [0.2, 0.25) is 0 Å². The van der Waals surface area contributed by atoms with Gasteiger partial charge in [0.25, 0.3) is 0 Å². The predicted octanol–water partition coefficient (Wildman–Crippen LogP) is 3.60. The molecule has 128 valence electrons. The topological polar surface area (TPSA) is 55.6 Å². The third-order valence-corrected chi connectivity index (χ3v) is 4.66. The van der Waals surface area contributed by atoms with Gasteiger partial charge in [-0.2, -0.15) is 0 Å². The number of carbonyl (C=O) groups excluding carboxylic acids is 1. The lowest BCUT2D eigenvalue weighted by Gasteiger charge is -2.26. The van der Waals surface area contributed by atoms with E-state index in [2.05, 4.69) is 32.0 Å². The summed E-state index contributed by atoms with van der Waals surface area (Å²) in [5.41, 5.74) is 9.49. The summed E-state index contributed by atoms with van der Waals surface area (Å²) in [5, 5.41) is 0. The van der Waals surface area contributed by atoms with Crippen LogP contribution in [0.5, 0.6) is 0 Å². The second-order valence-corrected chi connectivity index (χ2v) is 7.66. The van der Waals surface area contributed by atoms with E-state index in [-0.39, 0.29) is 6.09 Å². The van der Waals surface area contributed by atoms with Crippen molar-refractivity contribution in [2.45, 2.75) is 52.6 Å². The summed E-state index contributed by atoms with van der Waals surface area (Å²) in [4.78, 5) is 14.0. The third kappa shape index (κ3) is 4.47. The average molecular weight is 318 g/mol. The number of ether oxygens (including phenoxy) is 1. The smallest absolute Gasteiger partial charge is 0.410 e. The highest BCUT2D eigenvalue weighted by Gasteiger charge is 2.34. The molecule has 4 heteroatoms. The molecule has 1 amide bonds. The molecule has 1 heterocycles. The van der Waals surface area contributed by atoms with Gasteiger partial charge >= 0.3 is 6.09 Å². The van der Waals surface area contributed by atoms with Crippen LogP contribution in [0.25, 0.3) is 0 Å². The molecule has 1 fully saturated rings. The fourth-order valence-electron chi connectivity index (χ4n) is 3.20. The first kappa shape index (κ1) is 17.8. The molecule has 1 aromatic carbocycles. The number of nitrogens with two attached hydrogens (primary N) is 1. The molecule has 4 nitrogen and oxygen atoms in total. The molecule has 0 radical (unpaired) electrons. The molecule has 0 bridgehead atoms. The van der Waals surface area contributed by atoms with E-state index < -0.39 is 5.60 Å². The Kier molecular flexibility index (Phi) is 5.35. The minimum absolute atomic E-state index is 0.212. The molecule has 0 aliphatic carbocycles. The number of hydrogen-bond acceptors (Lipinski definition) is 3. The summed E-state index contributed by atoms with van der Waals surface area (Å²) in [6.45, 7) is 12.0. The van der Waals surface area contributed by atoms with E-state index in [1.54, 1.807) is 0 Å². The first-order chi connectivity index (χ1) is 10.7. The molecular weight excluding hydrogens is 288 g/mol. The number of aryl methyl sites for hydroxylation is 2. The van der Waals surface area contributed by atoms with Crippen LogP contribution in [0.15, 0.2) is 18.2 Å². The molecule has 2 unspecified atom stereocenters. The van der Waals surface area contributed by atoms with Crippen molar-refractivity contribution in [2.24, 2.45) is 11.7 Å². The summed E-state index contributed by atoms with van der Waals surface area (Å²) in [6.07, 6.45) is 0.768. The van der Waals surface area contributed by atoms with Gasteiger partial charge in [0.1, 0.15) is 5.60 Å². The maximum absolute atomic E-state index is 12.2. The maximum atomic E-state index is 12.2. The molecule has 2 atom stereocenters. The van der Waals surface area contributed by atoms with Crippen LogP contribution >= 0.6 is 0 Å². The lowest BCUT2D eigenvalue weighted by molar-refractivity contribution is 0.0286. The van der Waals surface area contributed by atoms with E-state index in [0.717, 1.165) is 19.5 Å². The first-order valence-electron chi connectivity index (χ1n) is 8.46. The number of hydrogen-bond donors (Lipinski definition) is 1. The molecule has 0 aromatic heterocycles. The van der Waals surface area contributed by atoms with Gasteiger partial charge in [0.05, 0.1) is 0 Å². The van der Waals surface area contributed by atoms with E-state index in [9.17, 15) is 4.79 Å². The van der Waals surface area contributed by atoms with Crippen LogP contribution < -0.4 is 5.73 Å². The Bertz CT molecular complexity index is 563. The Morgan fingerprint density at radius 2 is 2.04 bits per heavy atom. The molecule has 1 aromatic rings. The summed E-state index contributed by atoms with van der Waals surface area (Å²) in [6, 6.07) is 6.58. The van der Waals surface area contributed by atoms with Crippen LogP contribution in [0, 0.1) is 19.8 Å². The highest BCUT2D eigenvalue weighted by Crippen LogP contribution is 2.32. The Balaban J connectivity index is 2.06. The number of nitrogens with zero attached hydrogens (tertiary/aromatic N) is 1. The minimum atomic E-state index is -0.448. The molecule has 2 rings (SSSR count). The lowest BCUT2D eigenvalue weighted by Crippen LogP contribution is -2.36. The van der Waals surface area contributed by atoms with Crippen molar-refractivity contribution in [3.05, 3.63) is 34.9 Å². The van der Waals surface area contributed by atoms with Gasteiger partial charge in [-0.3, -0.25) is 0 Å². The monoisotopic (exact) mass is 318 g/mol. The third-order valence-electron chi connectivity index (χ3n) is 4.66. The van der Waals surface area contributed by atoms with Crippen LogP contribution in [-0.4, -0.2) is 36.2 Å². The van der Waals surface area contributed by atoms with Crippen molar-refractivity contribution in [3.63, 3.8) is 0 Å². The Morgan fingerprint density at radius 1 is 1.35 bits per heavy atom. The fraction of sp³-hybridized carbons (Fsp3) is 0.632. The Hall–Kier alpha value is -1.55. The molecule has 1 saturated heterocycles. The van der Waals surface area contributed by atoms with E-state index in [4.69, 9.17) is 10.5 Å². The van der Waals surface area contributed by atoms with Gasteiger partial charge in [-0.25, -0.2) is 4.79 Å². The molecule has 0 spiro atoms. The number of benzene rings is 1. The molecule has 0 saturated carbocycles. The zero-order valence-electron chi connectivity index (χ0n) is 15.1. The van der Waals surface area contributed by atoms with Crippen molar-refractivity contribution in [1.82, 2.24) is 4.90 Å². The largest absolute Gasteiger partial charge is 0.444 e. The van der Waals surface area contributed by atoms with Gasteiger partial charge in [0.15, 0.2) is 0 Å². The standard InChI is InChI=1S/C19H30N2O2/c1-13-6-7-15(10-14(13)2)17(11-20)16-8-9-21(12-16)18(22)23-19(3,4)5/h6-7,10,16-17H,8-9,11-12,20H2,1-5H3. The zero-order valence-corrected chi connectivity index (χ0v) is 15.1. The van der Waals surface area contributed by atoms with Gasteiger partial charge in [-0.1, -0.05) is 18.2 Å². The van der Waals surface area contributed by atoms with Crippen molar-refractivity contribution in [1.29, 1.82) is 0 Å². The van der Waals surface area contributed by atoms with Crippen LogP contribution in [0.4, 0.5) is 4.79 Å². The van der Waals surface area contributed by atoms with E-state index >= 15 is 0 Å². The minimum Gasteiger partial charge on any atom is -0.444 e. The second kappa shape index (κ2) is 6.91. The van der Waals surface area contributed by atoms with Crippen LogP contribution in [0.3, 0.4) is 0 Å². The summed E-state index contributed by atoms with van der Waals surface area (Å²) < 4.78 is 5.48. The highest BCUT2D eigenvalue weighted by molar-refractivity contribution is 5.68. The molecule has 23 heavy (non-hydrogen) atoms. The quantitative estimate of drug-likeness (QED) is 0.926. The van der Waals surface area contributed by atoms with Crippen molar-refractivity contribution in [3.8, 4) is 0 Å². The van der Waals surface area contributed by atoms with Crippen LogP contribution in [0.1, 0.15) is 49.8 Å². The van der Waals surface area contributed by atoms with Gasteiger partial charge in [0.2, 0.25) is 0 Å². The van der Waals surface area contributed by atoms with E-state index in [0.29, 0.717) is 18.4 Å². The maximum Gasteiger partial charge on any atom is 0.410 e. The van der Waals surface area contributed by atoms with Gasteiger partial charge in [-0.05, 0) is 70.2 Å². The van der Waals surface area contributed by atoms with Crippen molar-refractivity contribution in [2.75, 3.05) is 19.6 Å². The summed E-state index contributed by atoms with van der Waals surface area (Å²) >= 11 is 0. The average Bonchev–Trinajstić information content (AvgIpc) is 2.91. The molecule has 1 aliphatic rings. The van der Waals surface area contributed by atoms with Crippen molar-refractivity contribution < 1.29 is 9.53 Å². The normalized spacial score (nSPS) is 19.7. The fourth-order valence-corrected chi connectivity index (χ4v) is 3.20. The van der Waals surface area contributed by atoms with Crippen molar-refractivity contribution >= 4 is 6.09 Å². The molecule has 2 N–H and O–H groups in total. The first-order valence-corrected chi connectivity index (χ1v) is 8.46. The predicted molar refractivity (Wildman–Crippen MR) is 93.6 cm³/mol. The second-order valence-electron chi connectivity index (χ2n) is 7.66. The van der Waals surface area contributed by atoms with Gasteiger partial charge in [0, 0.05) is 19.0 Å². The SMILES string of the molecule is Cc1ccc(C(CN)C2CCN(C(=O)OC(C)(C)C)C2)cc1C. The number of rotatable bonds is 3. The molecular formula is C19H30N2O2. The van der Waals surface area contributed by atoms with E-state index in [1.165, 1.54) is 16.7 Å². The Morgan fingerprint density at radius 3 is 2.61 bits per heavy atom. The van der Waals surface area contributed by atoms with Crippen LogP contribution in [-0.2, 0) is 4.74 Å². The highest BCUT2D eigenvalue weighted by atomic mass is 16.6. The zero-order chi connectivity index (χ0) is 17.2.